The van der Waals surface area contributed by atoms with E-state index in [1.54, 1.807) is 0 Å². The van der Waals surface area contributed by atoms with Crippen LogP contribution in [0.25, 0.3) is 0 Å². The Hall–Kier alpha value is -1.17. The largest absolute Gasteiger partial charge is 0.482 e. The number of nitrogens with one attached hydrogen (secondary N) is 1. The minimum absolute atomic E-state index is 0.000241. The number of benzene rings is 1. The highest BCUT2D eigenvalue weighted by molar-refractivity contribution is 6.43. The van der Waals surface area contributed by atoms with Crippen LogP contribution in [0.15, 0.2) is 12.1 Å². The number of halogens is 3. The Morgan fingerprint density at radius 3 is 2.45 bits per heavy atom. The molecule has 0 fully saturated rings. The lowest BCUT2D eigenvalue weighted by atomic mass is 10.3. The number of hydrogen-bond acceptors (Lipinski definition) is 3. The molecular weight excluding hydrogens is 328 g/mol. The summed E-state index contributed by atoms with van der Waals surface area (Å²) in [5, 5.41) is 11.8. The van der Waals surface area contributed by atoms with Gasteiger partial charge in [-0.2, -0.15) is 0 Å². The molecule has 0 aromatic heterocycles. The number of carbonyl (C=O) groups excluding carboxylic acids is 1. The van der Waals surface area contributed by atoms with E-state index in [9.17, 15) is 9.59 Å². The van der Waals surface area contributed by atoms with Crippen LogP contribution in [0.3, 0.4) is 0 Å². The summed E-state index contributed by atoms with van der Waals surface area (Å²) in [4.78, 5) is 21.7. The number of amides is 1. The maximum atomic E-state index is 11.4. The number of hydrogen-bond donors (Lipinski definition) is 2. The van der Waals surface area contributed by atoms with Gasteiger partial charge in [-0.05, 0) is 12.5 Å². The first-order chi connectivity index (χ1) is 9.40. The third-order valence-electron chi connectivity index (χ3n) is 2.22. The van der Waals surface area contributed by atoms with Crippen molar-refractivity contribution >= 4 is 46.7 Å². The number of rotatable bonds is 7. The van der Waals surface area contributed by atoms with Crippen molar-refractivity contribution < 1.29 is 19.4 Å². The lowest BCUT2D eigenvalue weighted by molar-refractivity contribution is -0.137. The van der Waals surface area contributed by atoms with Gasteiger partial charge < -0.3 is 15.2 Å². The van der Waals surface area contributed by atoms with Crippen molar-refractivity contribution in [2.45, 2.75) is 12.8 Å². The Bertz CT molecular complexity index is 508. The van der Waals surface area contributed by atoms with Crippen molar-refractivity contribution in [3.63, 3.8) is 0 Å². The fraction of sp³-hybridized carbons (Fsp3) is 0.333. The third-order valence-corrected chi connectivity index (χ3v) is 3.24. The minimum atomic E-state index is -0.905. The molecule has 0 aliphatic rings. The summed E-state index contributed by atoms with van der Waals surface area (Å²) in [6.45, 7) is 0.0222. The first kappa shape index (κ1) is 16.9. The van der Waals surface area contributed by atoms with Crippen molar-refractivity contribution in [2.24, 2.45) is 0 Å². The average Bonchev–Trinajstić information content (AvgIpc) is 2.37. The molecule has 8 heteroatoms. The zero-order valence-corrected chi connectivity index (χ0v) is 12.6. The third kappa shape index (κ3) is 5.86. The molecule has 110 valence electrons. The Labute approximate surface area is 130 Å². The number of carboxylic acid groups (broad SMARTS) is 1. The van der Waals surface area contributed by atoms with Gasteiger partial charge in [-0.3, -0.25) is 9.59 Å². The molecule has 0 radical (unpaired) electrons. The monoisotopic (exact) mass is 339 g/mol. The summed E-state index contributed by atoms with van der Waals surface area (Å²) >= 11 is 17.4. The Balaban J connectivity index is 2.37. The van der Waals surface area contributed by atoms with Crippen LogP contribution in [0.5, 0.6) is 5.75 Å². The van der Waals surface area contributed by atoms with E-state index in [2.05, 4.69) is 5.32 Å². The molecule has 1 aromatic rings. The molecule has 0 aliphatic carbocycles. The topological polar surface area (TPSA) is 75.6 Å². The molecule has 0 atom stereocenters. The number of carboxylic acids is 1. The van der Waals surface area contributed by atoms with E-state index in [1.807, 2.05) is 0 Å². The van der Waals surface area contributed by atoms with Crippen LogP contribution < -0.4 is 10.1 Å². The van der Waals surface area contributed by atoms with Gasteiger partial charge in [0.05, 0.1) is 15.1 Å². The first-order valence-electron chi connectivity index (χ1n) is 5.66. The molecule has 1 aromatic carbocycles. The van der Waals surface area contributed by atoms with E-state index in [0.717, 1.165) is 0 Å². The van der Waals surface area contributed by atoms with Crippen molar-refractivity contribution in [3.8, 4) is 5.75 Å². The first-order valence-corrected chi connectivity index (χ1v) is 6.79. The lowest BCUT2D eigenvalue weighted by Gasteiger charge is -2.09. The zero-order valence-electron chi connectivity index (χ0n) is 10.3. The Morgan fingerprint density at radius 2 is 1.80 bits per heavy atom. The Morgan fingerprint density at radius 1 is 1.15 bits per heavy atom. The van der Waals surface area contributed by atoms with Gasteiger partial charge in [0.25, 0.3) is 5.91 Å². The van der Waals surface area contributed by atoms with Crippen molar-refractivity contribution in [1.82, 2.24) is 5.32 Å². The van der Waals surface area contributed by atoms with Crippen LogP contribution in [0.4, 0.5) is 0 Å². The predicted molar refractivity (Wildman–Crippen MR) is 76.8 cm³/mol. The van der Waals surface area contributed by atoms with Gasteiger partial charge >= 0.3 is 5.97 Å². The molecule has 0 bridgehead atoms. The van der Waals surface area contributed by atoms with Crippen LogP contribution >= 0.6 is 34.8 Å². The summed E-state index contributed by atoms with van der Waals surface area (Å²) in [6.07, 6.45) is 0.356. The molecule has 0 saturated carbocycles. The lowest BCUT2D eigenvalue weighted by Crippen LogP contribution is -2.30. The molecule has 2 N–H and O–H groups in total. The molecule has 0 spiro atoms. The van der Waals surface area contributed by atoms with Crippen LogP contribution in [-0.4, -0.2) is 30.1 Å². The predicted octanol–water partition coefficient (Wildman–Crippen LogP) is 3.01. The molecule has 0 aliphatic heterocycles. The van der Waals surface area contributed by atoms with Gasteiger partial charge in [-0.25, -0.2) is 0 Å². The minimum Gasteiger partial charge on any atom is -0.482 e. The standard InChI is InChI=1S/C12H12Cl3NO4/c13-7-4-9(15)10(5-8(7)14)20-6-11(17)16-3-1-2-12(18)19/h4-5H,1-3,6H2,(H,16,17)(H,18,19). The van der Waals surface area contributed by atoms with E-state index >= 15 is 0 Å². The van der Waals surface area contributed by atoms with Crippen LogP contribution in [0.1, 0.15) is 12.8 Å². The quantitative estimate of drug-likeness (QED) is 0.591. The van der Waals surface area contributed by atoms with Crippen molar-refractivity contribution in [3.05, 3.63) is 27.2 Å². The van der Waals surface area contributed by atoms with Gasteiger partial charge in [-0.15, -0.1) is 0 Å². The van der Waals surface area contributed by atoms with Crippen LogP contribution in [-0.2, 0) is 9.59 Å². The second kappa shape index (κ2) is 8.19. The van der Waals surface area contributed by atoms with E-state index in [4.69, 9.17) is 44.6 Å². The normalized spacial score (nSPS) is 10.2. The van der Waals surface area contributed by atoms with Crippen molar-refractivity contribution in [2.75, 3.05) is 13.2 Å². The van der Waals surface area contributed by atoms with Crippen LogP contribution in [0, 0.1) is 0 Å². The number of aliphatic carboxylic acids is 1. The smallest absolute Gasteiger partial charge is 0.303 e. The average molecular weight is 341 g/mol. The number of ether oxygens (including phenoxy) is 1. The zero-order chi connectivity index (χ0) is 15.1. The van der Waals surface area contributed by atoms with Gasteiger partial charge in [0, 0.05) is 19.0 Å². The second-order valence-electron chi connectivity index (χ2n) is 3.83. The van der Waals surface area contributed by atoms with Gasteiger partial charge in [0.2, 0.25) is 0 Å². The summed E-state index contributed by atoms with van der Waals surface area (Å²) in [7, 11) is 0. The molecule has 0 unspecified atom stereocenters. The van der Waals surface area contributed by atoms with Gasteiger partial charge in [-0.1, -0.05) is 34.8 Å². The molecule has 1 rings (SSSR count). The highest BCUT2D eigenvalue weighted by Gasteiger charge is 2.09. The highest BCUT2D eigenvalue weighted by Crippen LogP contribution is 2.33. The summed E-state index contributed by atoms with van der Waals surface area (Å²) in [5.74, 6) is -1.03. The highest BCUT2D eigenvalue weighted by atomic mass is 35.5. The molecule has 20 heavy (non-hydrogen) atoms. The fourth-order valence-corrected chi connectivity index (χ4v) is 1.87. The van der Waals surface area contributed by atoms with E-state index in [0.29, 0.717) is 11.4 Å². The van der Waals surface area contributed by atoms with E-state index in [-0.39, 0.29) is 41.3 Å². The molecule has 5 nitrogen and oxygen atoms in total. The second-order valence-corrected chi connectivity index (χ2v) is 5.05. The molecule has 1 amide bonds. The number of carbonyl (C=O) groups is 2. The summed E-state index contributed by atoms with van der Waals surface area (Å²) in [5.41, 5.74) is 0. The Kier molecular flexibility index (Phi) is 6.91. The summed E-state index contributed by atoms with van der Waals surface area (Å²) < 4.78 is 5.21. The summed E-state index contributed by atoms with van der Waals surface area (Å²) in [6, 6.07) is 2.84. The van der Waals surface area contributed by atoms with Crippen molar-refractivity contribution in [1.29, 1.82) is 0 Å². The SMILES string of the molecule is O=C(O)CCCNC(=O)COc1cc(Cl)c(Cl)cc1Cl. The molecular formula is C12H12Cl3NO4. The maximum absolute atomic E-state index is 11.4. The molecule has 0 saturated heterocycles. The molecule has 0 heterocycles. The van der Waals surface area contributed by atoms with Gasteiger partial charge in [0.1, 0.15) is 5.75 Å². The van der Waals surface area contributed by atoms with Crippen LogP contribution in [0.2, 0.25) is 15.1 Å². The van der Waals surface area contributed by atoms with E-state index in [1.165, 1.54) is 12.1 Å². The fourth-order valence-electron chi connectivity index (χ4n) is 1.28. The van der Waals surface area contributed by atoms with Gasteiger partial charge in [0.15, 0.2) is 6.61 Å². The maximum Gasteiger partial charge on any atom is 0.303 e. The van der Waals surface area contributed by atoms with E-state index < -0.39 is 5.97 Å².